The van der Waals surface area contributed by atoms with Crippen LogP contribution in [0.2, 0.25) is 0 Å². The second-order valence-corrected chi connectivity index (χ2v) is 7.16. The molecule has 1 aromatic heterocycles. The van der Waals surface area contributed by atoms with Gasteiger partial charge in [-0.3, -0.25) is 0 Å². The van der Waals surface area contributed by atoms with Gasteiger partial charge in [0.1, 0.15) is 5.69 Å². The first-order valence-corrected chi connectivity index (χ1v) is 8.02. The van der Waals surface area contributed by atoms with Gasteiger partial charge in [-0.1, -0.05) is 5.21 Å². The summed E-state index contributed by atoms with van der Waals surface area (Å²) in [5, 5.41) is 6.17. The third kappa shape index (κ3) is 4.19. The van der Waals surface area contributed by atoms with Crippen molar-refractivity contribution < 1.29 is 26.7 Å². The average molecular weight is 325 g/mol. The fourth-order valence-electron chi connectivity index (χ4n) is 1.50. The Bertz CT molecular complexity index is 599. The number of alkyl halides is 2. The Labute approximate surface area is 121 Å². The topological polar surface area (TPSA) is 91.2 Å². The number of halogens is 2. The zero-order valence-corrected chi connectivity index (χ0v) is 12.7. The Hall–Kier alpha value is -1.58. The molecular formula is C11H17F2N3O4S. The number of aryl methyl sites for hydroxylation is 1. The van der Waals surface area contributed by atoms with Gasteiger partial charge in [0.15, 0.2) is 15.5 Å². The van der Waals surface area contributed by atoms with E-state index in [1.54, 1.807) is 0 Å². The Morgan fingerprint density at radius 2 is 2.00 bits per heavy atom. The van der Waals surface area contributed by atoms with Crippen LogP contribution in [0.25, 0.3) is 0 Å². The summed E-state index contributed by atoms with van der Waals surface area (Å²) < 4.78 is 54.8. The van der Waals surface area contributed by atoms with E-state index in [9.17, 15) is 22.0 Å². The van der Waals surface area contributed by atoms with E-state index in [4.69, 9.17) is 0 Å². The van der Waals surface area contributed by atoms with Crippen molar-refractivity contribution in [2.75, 3.05) is 12.4 Å². The zero-order chi connectivity index (χ0) is 16.2. The lowest BCUT2D eigenvalue weighted by Crippen LogP contribution is -2.22. The molecule has 0 N–H and O–H groups in total. The van der Waals surface area contributed by atoms with Crippen molar-refractivity contribution in [3.05, 3.63) is 11.4 Å². The second kappa shape index (κ2) is 6.92. The first-order valence-electron chi connectivity index (χ1n) is 6.30. The molecule has 0 aliphatic carbocycles. The summed E-state index contributed by atoms with van der Waals surface area (Å²) in [7, 11) is -3.41. The molecular weight excluding hydrogens is 308 g/mol. The number of carbonyl (C=O) groups is 1. The summed E-state index contributed by atoms with van der Waals surface area (Å²) in [6, 6.07) is 0. The highest BCUT2D eigenvalue weighted by molar-refractivity contribution is 7.91. The minimum absolute atomic E-state index is 0.0100. The Morgan fingerprint density at radius 3 is 2.48 bits per heavy atom. The maximum absolute atomic E-state index is 13.0. The summed E-state index contributed by atoms with van der Waals surface area (Å²) in [5.41, 5.74) is -1.32. The smallest absolute Gasteiger partial charge is 0.361 e. The Morgan fingerprint density at radius 1 is 1.38 bits per heavy atom. The number of esters is 1. The lowest BCUT2D eigenvalue weighted by molar-refractivity contribution is 0.0506. The molecule has 0 saturated heterocycles. The fourth-order valence-corrected chi connectivity index (χ4v) is 2.39. The molecule has 1 rings (SSSR count). The van der Waals surface area contributed by atoms with E-state index < -0.39 is 38.9 Å². The standard InChI is InChI=1S/C11H17F2N3O4S/c1-4-20-11(17)8-9(10(12)13)16(15-14-8)5-6-21(18,19)7(2)3/h7,10H,4-6H2,1-3H3. The van der Waals surface area contributed by atoms with Crippen LogP contribution in [0.3, 0.4) is 0 Å². The highest BCUT2D eigenvalue weighted by Crippen LogP contribution is 2.22. The van der Waals surface area contributed by atoms with E-state index >= 15 is 0 Å². The van der Waals surface area contributed by atoms with Crippen molar-refractivity contribution in [2.24, 2.45) is 0 Å². The Kier molecular flexibility index (Phi) is 5.76. The molecule has 0 saturated carbocycles. The normalized spacial score (nSPS) is 12.1. The molecule has 0 aliphatic rings. The molecule has 0 radical (unpaired) electrons. The predicted octanol–water partition coefficient (Wildman–Crippen LogP) is 1.22. The summed E-state index contributed by atoms with van der Waals surface area (Å²) in [5.74, 6) is -1.37. The highest BCUT2D eigenvalue weighted by Gasteiger charge is 2.28. The maximum atomic E-state index is 13.0. The number of sulfone groups is 1. The van der Waals surface area contributed by atoms with E-state index in [1.807, 2.05) is 0 Å². The molecule has 0 aromatic carbocycles. The van der Waals surface area contributed by atoms with Crippen molar-refractivity contribution in [3.63, 3.8) is 0 Å². The molecule has 7 nitrogen and oxygen atoms in total. The number of rotatable bonds is 7. The third-order valence-electron chi connectivity index (χ3n) is 2.75. The number of aromatic nitrogens is 3. The molecule has 0 spiro atoms. The quantitative estimate of drug-likeness (QED) is 0.700. The van der Waals surface area contributed by atoms with Crippen LogP contribution >= 0.6 is 0 Å². The number of hydrogen-bond donors (Lipinski definition) is 0. The van der Waals surface area contributed by atoms with Gasteiger partial charge in [-0.15, -0.1) is 5.10 Å². The maximum Gasteiger partial charge on any atom is 0.361 e. The molecule has 120 valence electrons. The third-order valence-corrected chi connectivity index (χ3v) is 4.94. The molecule has 0 atom stereocenters. The van der Waals surface area contributed by atoms with Gasteiger partial charge in [-0.05, 0) is 20.8 Å². The van der Waals surface area contributed by atoms with Crippen LogP contribution in [-0.2, 0) is 21.1 Å². The Balaban J connectivity index is 3.01. The zero-order valence-electron chi connectivity index (χ0n) is 11.9. The van der Waals surface area contributed by atoms with Crippen molar-refractivity contribution in [1.29, 1.82) is 0 Å². The van der Waals surface area contributed by atoms with Crippen LogP contribution in [0.5, 0.6) is 0 Å². The van der Waals surface area contributed by atoms with Gasteiger partial charge in [0.2, 0.25) is 0 Å². The van der Waals surface area contributed by atoms with Crippen molar-refractivity contribution in [3.8, 4) is 0 Å². The van der Waals surface area contributed by atoms with Crippen LogP contribution in [-0.4, -0.2) is 47.0 Å². The van der Waals surface area contributed by atoms with Gasteiger partial charge < -0.3 is 4.74 Å². The molecule has 1 heterocycles. The minimum atomic E-state index is -3.41. The SMILES string of the molecule is CCOC(=O)c1nnn(CCS(=O)(=O)C(C)C)c1C(F)F. The van der Waals surface area contributed by atoms with Gasteiger partial charge in [0, 0.05) is 0 Å². The van der Waals surface area contributed by atoms with Gasteiger partial charge in [0.25, 0.3) is 6.43 Å². The largest absolute Gasteiger partial charge is 0.461 e. The van der Waals surface area contributed by atoms with Crippen molar-refractivity contribution in [2.45, 2.75) is 39.0 Å². The molecule has 10 heteroatoms. The van der Waals surface area contributed by atoms with Gasteiger partial charge in [0.05, 0.1) is 24.2 Å². The summed E-state index contributed by atoms with van der Waals surface area (Å²) in [6.07, 6.45) is -3.01. The number of carbonyl (C=O) groups excluding carboxylic acids is 1. The summed E-state index contributed by atoms with van der Waals surface area (Å²) in [6.45, 7) is 4.23. The summed E-state index contributed by atoms with van der Waals surface area (Å²) >= 11 is 0. The molecule has 1 aromatic rings. The van der Waals surface area contributed by atoms with Crippen LogP contribution in [0.15, 0.2) is 0 Å². The van der Waals surface area contributed by atoms with Crippen LogP contribution in [0.4, 0.5) is 8.78 Å². The van der Waals surface area contributed by atoms with E-state index in [2.05, 4.69) is 15.0 Å². The van der Waals surface area contributed by atoms with E-state index in [1.165, 1.54) is 20.8 Å². The number of nitrogens with zero attached hydrogens (tertiary/aromatic N) is 3. The van der Waals surface area contributed by atoms with Gasteiger partial charge in [-0.25, -0.2) is 26.7 Å². The summed E-state index contributed by atoms with van der Waals surface area (Å²) in [4.78, 5) is 11.5. The fraction of sp³-hybridized carbons (Fsp3) is 0.727. The highest BCUT2D eigenvalue weighted by atomic mass is 32.2. The van der Waals surface area contributed by atoms with Gasteiger partial charge in [-0.2, -0.15) is 0 Å². The molecule has 21 heavy (non-hydrogen) atoms. The lowest BCUT2D eigenvalue weighted by atomic mass is 10.3. The molecule has 0 aliphatic heterocycles. The van der Waals surface area contributed by atoms with Crippen LogP contribution in [0, 0.1) is 0 Å². The first kappa shape index (κ1) is 17.5. The van der Waals surface area contributed by atoms with Crippen LogP contribution < -0.4 is 0 Å². The second-order valence-electron chi connectivity index (χ2n) is 4.48. The lowest BCUT2D eigenvalue weighted by Gasteiger charge is -2.09. The first-order chi connectivity index (χ1) is 9.70. The van der Waals surface area contributed by atoms with E-state index in [-0.39, 0.29) is 18.9 Å². The molecule has 0 bridgehead atoms. The average Bonchev–Trinajstić information content (AvgIpc) is 2.80. The number of ether oxygens (including phenoxy) is 1. The monoisotopic (exact) mass is 325 g/mol. The molecule has 0 unspecified atom stereocenters. The predicted molar refractivity (Wildman–Crippen MR) is 69.9 cm³/mol. The van der Waals surface area contributed by atoms with E-state index in [0.29, 0.717) is 0 Å². The van der Waals surface area contributed by atoms with Crippen LogP contribution in [0.1, 0.15) is 43.4 Å². The van der Waals surface area contributed by atoms with Crippen molar-refractivity contribution >= 4 is 15.8 Å². The van der Waals surface area contributed by atoms with Crippen molar-refractivity contribution in [1.82, 2.24) is 15.0 Å². The molecule has 0 fully saturated rings. The number of hydrogen-bond acceptors (Lipinski definition) is 6. The van der Waals surface area contributed by atoms with Gasteiger partial charge >= 0.3 is 5.97 Å². The van der Waals surface area contributed by atoms with E-state index in [0.717, 1.165) is 4.68 Å². The minimum Gasteiger partial charge on any atom is -0.461 e. The molecule has 0 amide bonds.